The molecule has 4 nitrogen and oxygen atoms in total. The molecule has 0 heterocycles. The van der Waals surface area contributed by atoms with Gasteiger partial charge in [-0.15, -0.1) is 0 Å². The predicted molar refractivity (Wildman–Crippen MR) is 68.7 cm³/mol. The van der Waals surface area contributed by atoms with Crippen LogP contribution in [0.1, 0.15) is 17.2 Å². The van der Waals surface area contributed by atoms with Crippen LogP contribution in [0.2, 0.25) is 0 Å². The fourth-order valence-corrected chi connectivity index (χ4v) is 2.42. The summed E-state index contributed by atoms with van der Waals surface area (Å²) >= 11 is 0. The Morgan fingerprint density at radius 3 is 2.35 bits per heavy atom. The largest absolute Gasteiger partial charge is 0.384 e. The van der Waals surface area contributed by atoms with Gasteiger partial charge in [0.05, 0.1) is 12.4 Å². The number of benzene rings is 1. The van der Waals surface area contributed by atoms with Gasteiger partial charge >= 0.3 is 0 Å². The lowest BCUT2D eigenvalue weighted by Gasteiger charge is -2.11. The highest BCUT2D eigenvalue weighted by atomic mass is 32.2. The Labute approximate surface area is 103 Å². The number of rotatable bonds is 6. The molecular weight excluding hydrogens is 238 g/mol. The quantitative estimate of drug-likeness (QED) is 0.822. The number of hydrogen-bond donors (Lipinski definition) is 1. The summed E-state index contributed by atoms with van der Waals surface area (Å²) in [5, 5.41) is 0. The zero-order valence-electron chi connectivity index (χ0n) is 10.2. The van der Waals surface area contributed by atoms with Crippen LogP contribution in [0.5, 0.6) is 0 Å². The minimum absolute atomic E-state index is 0.0234. The number of sulfone groups is 1. The maximum atomic E-state index is 11.1. The van der Waals surface area contributed by atoms with Crippen LogP contribution in [0.3, 0.4) is 0 Å². The van der Waals surface area contributed by atoms with E-state index < -0.39 is 15.9 Å². The van der Waals surface area contributed by atoms with Crippen LogP contribution in [0, 0.1) is 0 Å². The zero-order valence-corrected chi connectivity index (χ0v) is 11.0. The van der Waals surface area contributed by atoms with Gasteiger partial charge in [0.1, 0.15) is 9.84 Å². The lowest BCUT2D eigenvalue weighted by atomic mass is 10.1. The van der Waals surface area contributed by atoms with Gasteiger partial charge < -0.3 is 10.5 Å². The first-order chi connectivity index (χ1) is 7.92. The Hall–Kier alpha value is -0.910. The van der Waals surface area contributed by atoms with Crippen molar-refractivity contribution in [2.75, 3.05) is 25.7 Å². The summed E-state index contributed by atoms with van der Waals surface area (Å²) in [5.41, 5.74) is 7.83. The molecule has 0 fully saturated rings. The second-order valence-corrected chi connectivity index (χ2v) is 6.37. The first-order valence-electron chi connectivity index (χ1n) is 5.43. The summed E-state index contributed by atoms with van der Waals surface area (Å²) in [6, 6.07) is 7.20. The predicted octanol–water partition coefficient (Wildman–Crippen LogP) is 0.920. The minimum atomic E-state index is -3.04. The third-order valence-corrected chi connectivity index (χ3v) is 3.45. The summed E-state index contributed by atoms with van der Waals surface area (Å²) < 4.78 is 27.2. The molecule has 2 N–H and O–H groups in total. The van der Waals surface area contributed by atoms with Gasteiger partial charge in [-0.3, -0.25) is 0 Å². The highest BCUT2D eigenvalue weighted by Gasteiger charge is 2.12. The van der Waals surface area contributed by atoms with Crippen LogP contribution in [-0.4, -0.2) is 34.1 Å². The van der Waals surface area contributed by atoms with Crippen molar-refractivity contribution in [2.24, 2.45) is 5.73 Å². The molecule has 0 bridgehead atoms. The van der Waals surface area contributed by atoms with Crippen molar-refractivity contribution in [1.82, 2.24) is 0 Å². The molecular formula is C12H19NO3S. The van der Waals surface area contributed by atoms with Gasteiger partial charge in [0, 0.05) is 19.4 Å². The van der Waals surface area contributed by atoms with Crippen molar-refractivity contribution in [3.8, 4) is 0 Å². The van der Waals surface area contributed by atoms with Crippen molar-refractivity contribution in [1.29, 1.82) is 0 Å². The van der Waals surface area contributed by atoms with Crippen LogP contribution in [0.25, 0.3) is 0 Å². The smallest absolute Gasteiger partial charge is 0.149 e. The van der Waals surface area contributed by atoms with Gasteiger partial charge in [0.15, 0.2) is 0 Å². The van der Waals surface area contributed by atoms with E-state index in [4.69, 9.17) is 10.5 Å². The summed E-state index contributed by atoms with van der Waals surface area (Å²) in [4.78, 5) is 0. The molecule has 0 aromatic heterocycles. The molecule has 0 aliphatic rings. The molecule has 1 aromatic rings. The number of ether oxygens (including phenoxy) is 1. The summed E-state index contributed by atoms with van der Waals surface area (Å²) in [5.74, 6) is -0.0234. The molecule has 0 saturated heterocycles. The lowest BCUT2D eigenvalue weighted by molar-refractivity contribution is 0.202. The molecule has 1 unspecified atom stereocenters. The van der Waals surface area contributed by atoms with Gasteiger partial charge in [-0.1, -0.05) is 24.3 Å². The third-order valence-electron chi connectivity index (χ3n) is 2.49. The first kappa shape index (κ1) is 14.2. The molecule has 0 amide bonds. The van der Waals surface area contributed by atoms with Crippen LogP contribution in [0.4, 0.5) is 0 Å². The Bertz CT molecular complexity index is 439. The normalized spacial score (nSPS) is 13.6. The van der Waals surface area contributed by atoms with E-state index >= 15 is 0 Å². The number of methoxy groups -OCH3 is 1. The zero-order chi connectivity index (χ0) is 12.9. The van der Waals surface area contributed by atoms with Gasteiger partial charge in [-0.05, 0) is 17.5 Å². The number of nitrogens with two attached hydrogens (primary N) is 1. The molecule has 0 aliphatic carbocycles. The second kappa shape index (κ2) is 6.14. The molecule has 0 saturated carbocycles. The van der Waals surface area contributed by atoms with E-state index in [0.717, 1.165) is 17.5 Å². The highest BCUT2D eigenvalue weighted by molar-refractivity contribution is 7.90. The van der Waals surface area contributed by atoms with E-state index in [2.05, 4.69) is 0 Å². The summed E-state index contributed by atoms with van der Waals surface area (Å²) in [7, 11) is -1.38. The molecule has 1 rings (SSSR count). The SMILES string of the molecule is COCCc1ccc(C(N)CS(C)(=O)=O)cc1. The Morgan fingerprint density at radius 1 is 1.29 bits per heavy atom. The van der Waals surface area contributed by atoms with Crippen LogP contribution in [0.15, 0.2) is 24.3 Å². The molecule has 1 aromatic carbocycles. The molecule has 96 valence electrons. The summed E-state index contributed by atoms with van der Waals surface area (Å²) in [6.45, 7) is 0.675. The van der Waals surface area contributed by atoms with Gasteiger partial charge in [-0.2, -0.15) is 0 Å². The fraction of sp³-hybridized carbons (Fsp3) is 0.500. The molecule has 0 spiro atoms. The van der Waals surface area contributed by atoms with Gasteiger partial charge in [0.25, 0.3) is 0 Å². The second-order valence-electron chi connectivity index (χ2n) is 4.18. The topological polar surface area (TPSA) is 69.4 Å². The maximum Gasteiger partial charge on any atom is 0.149 e. The standard InChI is InChI=1S/C12H19NO3S/c1-16-8-7-10-3-5-11(6-4-10)12(13)9-17(2,14)15/h3-6,12H,7-9,13H2,1-2H3. The van der Waals surface area contributed by atoms with Crippen LogP contribution < -0.4 is 5.73 Å². The molecule has 0 aliphatic heterocycles. The van der Waals surface area contributed by atoms with Crippen molar-refractivity contribution < 1.29 is 13.2 Å². The van der Waals surface area contributed by atoms with Gasteiger partial charge in [-0.25, -0.2) is 8.42 Å². The van der Waals surface area contributed by atoms with Crippen molar-refractivity contribution >= 4 is 9.84 Å². The van der Waals surface area contributed by atoms with Crippen LogP contribution in [-0.2, 0) is 21.0 Å². The van der Waals surface area contributed by atoms with Gasteiger partial charge in [0.2, 0.25) is 0 Å². The maximum absolute atomic E-state index is 11.1. The van der Waals surface area contributed by atoms with Crippen molar-refractivity contribution in [3.63, 3.8) is 0 Å². The van der Waals surface area contributed by atoms with Crippen molar-refractivity contribution in [2.45, 2.75) is 12.5 Å². The average molecular weight is 257 g/mol. The van der Waals surface area contributed by atoms with E-state index in [-0.39, 0.29) is 5.75 Å². The molecule has 1 atom stereocenters. The number of hydrogen-bond acceptors (Lipinski definition) is 4. The first-order valence-corrected chi connectivity index (χ1v) is 7.49. The lowest BCUT2D eigenvalue weighted by Crippen LogP contribution is -2.20. The van der Waals surface area contributed by atoms with Crippen LogP contribution >= 0.6 is 0 Å². The van der Waals surface area contributed by atoms with E-state index in [0.29, 0.717) is 6.61 Å². The van der Waals surface area contributed by atoms with E-state index in [1.54, 1.807) is 7.11 Å². The summed E-state index contributed by atoms with van der Waals surface area (Å²) in [6.07, 6.45) is 2.04. The third kappa shape index (κ3) is 5.30. The molecule has 0 radical (unpaired) electrons. The van der Waals surface area contributed by atoms with E-state index in [9.17, 15) is 8.42 Å². The molecule has 17 heavy (non-hydrogen) atoms. The van der Waals surface area contributed by atoms with E-state index in [1.807, 2.05) is 24.3 Å². The highest BCUT2D eigenvalue weighted by Crippen LogP contribution is 2.13. The Kier molecular flexibility index (Phi) is 5.11. The van der Waals surface area contributed by atoms with Crippen molar-refractivity contribution in [3.05, 3.63) is 35.4 Å². The molecule has 5 heteroatoms. The fourth-order valence-electron chi connectivity index (χ4n) is 1.57. The average Bonchev–Trinajstić information content (AvgIpc) is 2.24. The Balaban J connectivity index is 2.67. The minimum Gasteiger partial charge on any atom is -0.384 e. The Morgan fingerprint density at radius 2 is 1.88 bits per heavy atom. The van der Waals surface area contributed by atoms with E-state index in [1.165, 1.54) is 6.26 Å². The monoisotopic (exact) mass is 257 g/mol.